The third-order valence-corrected chi connectivity index (χ3v) is 4.73. The second-order valence-electron chi connectivity index (χ2n) is 6.82. The molecular weight excluding hydrogens is 388 g/mol. The van der Waals surface area contributed by atoms with Crippen LogP contribution < -0.4 is 10.1 Å². The van der Waals surface area contributed by atoms with Gasteiger partial charge in [-0.05, 0) is 36.2 Å². The summed E-state index contributed by atoms with van der Waals surface area (Å²) in [6, 6.07) is 13.9. The second-order valence-corrected chi connectivity index (χ2v) is 6.82. The molecule has 8 nitrogen and oxygen atoms in total. The first-order chi connectivity index (χ1) is 14.4. The Morgan fingerprint density at radius 2 is 1.80 bits per heavy atom. The lowest BCUT2D eigenvalue weighted by molar-refractivity contribution is -0.156. The number of carbonyl (C=O) groups is 4. The highest BCUT2D eigenvalue weighted by Gasteiger charge is 2.33. The number of esters is 1. The molecule has 1 heterocycles. The van der Waals surface area contributed by atoms with E-state index in [1.807, 2.05) is 0 Å². The zero-order valence-corrected chi connectivity index (χ0v) is 16.7. The molecule has 0 saturated carbocycles. The number of methoxy groups -OCH3 is 1. The van der Waals surface area contributed by atoms with E-state index in [-0.39, 0.29) is 13.0 Å². The Bertz CT molecular complexity index is 970. The number of hydrogen-bond donors (Lipinski definition) is 1. The summed E-state index contributed by atoms with van der Waals surface area (Å²) in [6.45, 7) is 1.14. The molecule has 1 atom stereocenters. The lowest BCUT2D eigenvalue weighted by Gasteiger charge is -2.26. The summed E-state index contributed by atoms with van der Waals surface area (Å²) < 4.78 is 10.2. The van der Waals surface area contributed by atoms with Crippen LogP contribution in [0.4, 0.5) is 0 Å². The largest absolute Gasteiger partial charge is 0.497 e. The fourth-order valence-corrected chi connectivity index (χ4v) is 3.05. The molecule has 156 valence electrons. The van der Waals surface area contributed by atoms with Gasteiger partial charge in [0.05, 0.1) is 13.5 Å². The van der Waals surface area contributed by atoms with Crippen molar-refractivity contribution in [3.05, 3.63) is 65.2 Å². The summed E-state index contributed by atoms with van der Waals surface area (Å²) in [4.78, 5) is 50.0. The van der Waals surface area contributed by atoms with Crippen LogP contribution in [0.3, 0.4) is 0 Å². The molecule has 0 saturated heterocycles. The average molecular weight is 410 g/mol. The van der Waals surface area contributed by atoms with Gasteiger partial charge in [0.25, 0.3) is 11.8 Å². The third kappa shape index (κ3) is 4.83. The number of rotatable bonds is 7. The lowest BCUT2D eigenvalue weighted by Crippen LogP contribution is -2.46. The maximum absolute atomic E-state index is 12.5. The summed E-state index contributed by atoms with van der Waals surface area (Å²) in [5.74, 6) is -1.64. The van der Waals surface area contributed by atoms with E-state index < -0.39 is 36.3 Å². The van der Waals surface area contributed by atoms with Crippen molar-refractivity contribution in [1.29, 1.82) is 0 Å². The van der Waals surface area contributed by atoms with E-state index >= 15 is 0 Å². The second kappa shape index (κ2) is 9.21. The summed E-state index contributed by atoms with van der Waals surface area (Å²) in [5.41, 5.74) is 1.87. The van der Waals surface area contributed by atoms with E-state index in [4.69, 9.17) is 9.47 Å². The number of imide groups is 1. The van der Waals surface area contributed by atoms with Crippen molar-refractivity contribution >= 4 is 23.7 Å². The van der Waals surface area contributed by atoms with Crippen molar-refractivity contribution in [3.8, 4) is 5.75 Å². The molecule has 2 aromatic carbocycles. The molecule has 0 spiro atoms. The highest BCUT2D eigenvalue weighted by molar-refractivity contribution is 6.11. The number of hydrogen-bond acceptors (Lipinski definition) is 6. The number of nitrogens with zero attached hydrogens (tertiary/aromatic N) is 1. The van der Waals surface area contributed by atoms with Crippen LogP contribution in [0.1, 0.15) is 28.4 Å². The van der Waals surface area contributed by atoms with Crippen LogP contribution in [-0.4, -0.2) is 48.3 Å². The minimum atomic E-state index is -1.07. The first kappa shape index (κ1) is 21.0. The van der Waals surface area contributed by atoms with Gasteiger partial charge in [0.1, 0.15) is 12.3 Å². The summed E-state index contributed by atoms with van der Waals surface area (Å²) in [7, 11) is 1.57. The molecule has 1 aliphatic heterocycles. The minimum Gasteiger partial charge on any atom is -0.497 e. The number of ether oxygens (including phenoxy) is 2. The monoisotopic (exact) mass is 410 g/mol. The van der Waals surface area contributed by atoms with E-state index in [0.717, 1.165) is 10.5 Å². The van der Waals surface area contributed by atoms with E-state index in [9.17, 15) is 19.2 Å². The SMILES string of the molecule is COc1ccc(CNC(=O)[C@H](C)OC(=O)CN2C(=O)Cc3ccccc3C2=O)cc1. The van der Waals surface area contributed by atoms with Crippen LogP contribution in [0, 0.1) is 0 Å². The Morgan fingerprint density at radius 3 is 2.50 bits per heavy atom. The highest BCUT2D eigenvalue weighted by Crippen LogP contribution is 2.19. The van der Waals surface area contributed by atoms with Gasteiger partial charge in [-0.15, -0.1) is 0 Å². The van der Waals surface area contributed by atoms with Crippen LogP contribution in [-0.2, 0) is 32.1 Å². The lowest BCUT2D eigenvalue weighted by atomic mass is 9.98. The van der Waals surface area contributed by atoms with Crippen molar-refractivity contribution in [3.63, 3.8) is 0 Å². The van der Waals surface area contributed by atoms with Crippen molar-refractivity contribution in [2.24, 2.45) is 0 Å². The Kier molecular flexibility index (Phi) is 6.46. The molecule has 0 aromatic heterocycles. The Labute approximate surface area is 173 Å². The number of benzene rings is 2. The summed E-state index contributed by atoms with van der Waals surface area (Å²) in [6.07, 6.45) is -1.04. The Hall–Kier alpha value is -3.68. The Morgan fingerprint density at radius 1 is 1.10 bits per heavy atom. The maximum Gasteiger partial charge on any atom is 0.326 e. The molecule has 0 bridgehead atoms. The molecule has 1 aliphatic rings. The van der Waals surface area contributed by atoms with Gasteiger partial charge in [0.15, 0.2) is 6.10 Å². The topological polar surface area (TPSA) is 102 Å². The van der Waals surface area contributed by atoms with Gasteiger partial charge in [-0.25, -0.2) is 0 Å². The molecule has 0 radical (unpaired) electrons. The standard InChI is InChI=1S/C22H22N2O6/c1-14(21(27)23-12-15-7-9-17(29-2)10-8-15)30-20(26)13-24-19(25)11-16-5-3-4-6-18(16)22(24)28/h3-10,14H,11-13H2,1-2H3,(H,23,27)/t14-/m0/s1. The number of nitrogens with one attached hydrogen (secondary N) is 1. The van der Waals surface area contributed by atoms with Crippen molar-refractivity contribution in [2.75, 3.05) is 13.7 Å². The quantitative estimate of drug-likeness (QED) is 0.548. The maximum atomic E-state index is 12.5. The van der Waals surface area contributed by atoms with Crippen LogP contribution in [0.25, 0.3) is 0 Å². The fraction of sp³-hybridized carbons (Fsp3) is 0.273. The van der Waals surface area contributed by atoms with E-state index in [1.165, 1.54) is 6.92 Å². The first-order valence-corrected chi connectivity index (χ1v) is 9.41. The molecule has 3 amide bonds. The van der Waals surface area contributed by atoms with Crippen LogP contribution in [0.15, 0.2) is 48.5 Å². The van der Waals surface area contributed by atoms with Gasteiger partial charge in [0, 0.05) is 12.1 Å². The molecule has 0 fully saturated rings. The fourth-order valence-electron chi connectivity index (χ4n) is 3.05. The zero-order chi connectivity index (χ0) is 21.7. The zero-order valence-electron chi connectivity index (χ0n) is 16.7. The normalized spacial score (nSPS) is 14.0. The van der Waals surface area contributed by atoms with Gasteiger partial charge in [-0.1, -0.05) is 30.3 Å². The Balaban J connectivity index is 1.51. The van der Waals surface area contributed by atoms with Gasteiger partial charge in [-0.3, -0.25) is 24.1 Å². The average Bonchev–Trinajstić information content (AvgIpc) is 2.75. The van der Waals surface area contributed by atoms with Crippen molar-refractivity contribution < 1.29 is 28.7 Å². The number of amides is 3. The minimum absolute atomic E-state index is 0.0348. The predicted molar refractivity (Wildman–Crippen MR) is 107 cm³/mol. The summed E-state index contributed by atoms with van der Waals surface area (Å²) in [5, 5.41) is 2.67. The van der Waals surface area contributed by atoms with E-state index in [1.54, 1.807) is 55.6 Å². The van der Waals surface area contributed by atoms with Gasteiger partial charge in [-0.2, -0.15) is 0 Å². The van der Waals surface area contributed by atoms with Crippen LogP contribution in [0.5, 0.6) is 5.75 Å². The van der Waals surface area contributed by atoms with Gasteiger partial charge in [0.2, 0.25) is 5.91 Å². The molecular formula is C22H22N2O6. The third-order valence-electron chi connectivity index (χ3n) is 4.73. The molecule has 2 aromatic rings. The van der Waals surface area contributed by atoms with E-state index in [2.05, 4.69) is 5.32 Å². The molecule has 8 heteroatoms. The molecule has 30 heavy (non-hydrogen) atoms. The van der Waals surface area contributed by atoms with Gasteiger partial charge >= 0.3 is 5.97 Å². The highest BCUT2D eigenvalue weighted by atomic mass is 16.5. The van der Waals surface area contributed by atoms with Crippen molar-refractivity contribution in [1.82, 2.24) is 10.2 Å². The number of carbonyl (C=O) groups excluding carboxylic acids is 4. The summed E-state index contributed by atoms with van der Waals surface area (Å²) >= 11 is 0. The van der Waals surface area contributed by atoms with Crippen LogP contribution >= 0.6 is 0 Å². The number of fused-ring (bicyclic) bond motifs is 1. The molecule has 3 rings (SSSR count). The molecule has 0 aliphatic carbocycles. The molecule has 0 unspecified atom stereocenters. The van der Waals surface area contributed by atoms with E-state index in [0.29, 0.717) is 16.9 Å². The van der Waals surface area contributed by atoms with Crippen molar-refractivity contribution in [2.45, 2.75) is 26.0 Å². The predicted octanol–water partition coefficient (Wildman–Crippen LogP) is 1.47. The van der Waals surface area contributed by atoms with Crippen LogP contribution in [0.2, 0.25) is 0 Å². The van der Waals surface area contributed by atoms with Gasteiger partial charge < -0.3 is 14.8 Å². The molecule has 1 N–H and O–H groups in total. The first-order valence-electron chi connectivity index (χ1n) is 9.41. The smallest absolute Gasteiger partial charge is 0.326 e.